The Hall–Kier alpha value is -1.94. The SMILES string of the molecule is Cc1nc2c(-c3ccc(F)cc3)c(C)nn2c(Cl)c1C. The summed E-state index contributed by atoms with van der Waals surface area (Å²) in [4.78, 5) is 4.58. The van der Waals surface area contributed by atoms with E-state index in [1.165, 1.54) is 12.1 Å². The molecule has 0 bridgehead atoms. The Morgan fingerprint density at radius 1 is 1.05 bits per heavy atom. The first-order valence-corrected chi connectivity index (χ1v) is 6.65. The van der Waals surface area contributed by atoms with Crippen LogP contribution < -0.4 is 0 Å². The number of fused-ring (bicyclic) bond motifs is 1. The second-order valence-electron chi connectivity index (χ2n) is 4.82. The first kappa shape index (κ1) is 13.1. The molecule has 0 aliphatic rings. The third-order valence-electron chi connectivity index (χ3n) is 3.48. The molecule has 0 amide bonds. The van der Waals surface area contributed by atoms with Gasteiger partial charge in [0, 0.05) is 16.8 Å². The van der Waals surface area contributed by atoms with E-state index in [-0.39, 0.29) is 5.82 Å². The van der Waals surface area contributed by atoms with Gasteiger partial charge in [0.1, 0.15) is 11.0 Å². The quantitative estimate of drug-likeness (QED) is 0.631. The molecule has 3 aromatic rings. The van der Waals surface area contributed by atoms with Crippen molar-refractivity contribution in [3.05, 3.63) is 52.2 Å². The summed E-state index contributed by atoms with van der Waals surface area (Å²) in [6.07, 6.45) is 0. The van der Waals surface area contributed by atoms with Gasteiger partial charge in [0.05, 0.1) is 5.69 Å². The van der Waals surface area contributed by atoms with Crippen molar-refractivity contribution >= 4 is 17.2 Å². The van der Waals surface area contributed by atoms with E-state index in [0.717, 1.165) is 28.1 Å². The van der Waals surface area contributed by atoms with Crippen LogP contribution in [-0.2, 0) is 0 Å². The third-order valence-corrected chi connectivity index (χ3v) is 3.92. The van der Waals surface area contributed by atoms with Gasteiger partial charge in [-0.2, -0.15) is 5.10 Å². The Kier molecular flexibility index (Phi) is 2.98. The van der Waals surface area contributed by atoms with Crippen LogP contribution in [0, 0.1) is 26.6 Å². The highest BCUT2D eigenvalue weighted by molar-refractivity contribution is 6.30. The Balaban J connectivity index is 2.36. The second kappa shape index (κ2) is 4.56. The van der Waals surface area contributed by atoms with Gasteiger partial charge in [-0.15, -0.1) is 0 Å². The fourth-order valence-corrected chi connectivity index (χ4v) is 2.52. The van der Waals surface area contributed by atoms with E-state index in [9.17, 15) is 4.39 Å². The predicted octanol–water partition coefficient (Wildman–Crippen LogP) is 4.11. The van der Waals surface area contributed by atoms with Crippen LogP contribution >= 0.6 is 11.6 Å². The van der Waals surface area contributed by atoms with Crippen LogP contribution in [0.4, 0.5) is 4.39 Å². The average molecular weight is 290 g/mol. The third kappa shape index (κ3) is 1.88. The van der Waals surface area contributed by atoms with E-state index in [1.807, 2.05) is 20.8 Å². The Morgan fingerprint density at radius 3 is 2.35 bits per heavy atom. The molecule has 1 aromatic carbocycles. The molecule has 0 saturated heterocycles. The van der Waals surface area contributed by atoms with Crippen LogP contribution in [0.2, 0.25) is 5.15 Å². The number of aryl methyl sites for hydroxylation is 2. The maximum absolute atomic E-state index is 13.1. The van der Waals surface area contributed by atoms with E-state index < -0.39 is 0 Å². The number of halogens is 2. The minimum Gasteiger partial charge on any atom is -0.233 e. The number of benzene rings is 1. The number of nitrogens with zero attached hydrogens (tertiary/aromatic N) is 3. The van der Waals surface area contributed by atoms with Crippen LogP contribution in [-0.4, -0.2) is 14.6 Å². The zero-order valence-electron chi connectivity index (χ0n) is 11.4. The summed E-state index contributed by atoms with van der Waals surface area (Å²) in [6.45, 7) is 5.73. The lowest BCUT2D eigenvalue weighted by Crippen LogP contribution is -1.99. The van der Waals surface area contributed by atoms with Crippen molar-refractivity contribution in [1.29, 1.82) is 0 Å². The first-order chi connectivity index (χ1) is 9.49. The van der Waals surface area contributed by atoms with Crippen LogP contribution in [0.15, 0.2) is 24.3 Å². The van der Waals surface area contributed by atoms with Crippen LogP contribution in [0.5, 0.6) is 0 Å². The van der Waals surface area contributed by atoms with E-state index in [1.54, 1.807) is 16.6 Å². The predicted molar refractivity (Wildman–Crippen MR) is 77.6 cm³/mol. The highest BCUT2D eigenvalue weighted by Crippen LogP contribution is 2.30. The van der Waals surface area contributed by atoms with Crippen molar-refractivity contribution in [3.8, 4) is 11.1 Å². The highest BCUT2D eigenvalue weighted by atomic mass is 35.5. The van der Waals surface area contributed by atoms with Crippen LogP contribution in [0.3, 0.4) is 0 Å². The lowest BCUT2D eigenvalue weighted by atomic mass is 10.1. The molecule has 0 spiro atoms. The number of rotatable bonds is 1. The maximum atomic E-state index is 13.1. The highest BCUT2D eigenvalue weighted by Gasteiger charge is 2.17. The maximum Gasteiger partial charge on any atom is 0.165 e. The van der Waals surface area contributed by atoms with Gasteiger partial charge in [-0.1, -0.05) is 23.7 Å². The van der Waals surface area contributed by atoms with Crippen molar-refractivity contribution in [2.45, 2.75) is 20.8 Å². The fraction of sp³-hybridized carbons (Fsp3) is 0.200. The molecule has 2 aromatic heterocycles. The summed E-state index contributed by atoms with van der Waals surface area (Å²) < 4.78 is 14.7. The molecule has 0 unspecified atom stereocenters. The smallest absolute Gasteiger partial charge is 0.165 e. The molecule has 0 atom stereocenters. The summed E-state index contributed by atoms with van der Waals surface area (Å²) in [5.41, 5.74) is 5.05. The molecule has 0 saturated carbocycles. The number of hydrogen-bond acceptors (Lipinski definition) is 2. The van der Waals surface area contributed by atoms with Gasteiger partial charge in [0.2, 0.25) is 0 Å². The van der Waals surface area contributed by atoms with Crippen molar-refractivity contribution in [2.24, 2.45) is 0 Å². The zero-order chi connectivity index (χ0) is 14.4. The standard InChI is InChI=1S/C15H13ClFN3/c1-8-9(2)18-15-13(10(3)19-20(15)14(8)16)11-4-6-12(17)7-5-11/h4-7H,1-3H3. The minimum absolute atomic E-state index is 0.263. The average Bonchev–Trinajstić information content (AvgIpc) is 2.74. The molecule has 20 heavy (non-hydrogen) atoms. The molecule has 3 rings (SSSR count). The van der Waals surface area contributed by atoms with Crippen LogP contribution in [0.1, 0.15) is 17.0 Å². The zero-order valence-corrected chi connectivity index (χ0v) is 12.2. The Morgan fingerprint density at radius 2 is 1.70 bits per heavy atom. The monoisotopic (exact) mass is 289 g/mol. The summed E-state index contributed by atoms with van der Waals surface area (Å²) in [6, 6.07) is 6.32. The Bertz CT molecular complexity index is 806. The normalized spacial score (nSPS) is 11.2. The fourth-order valence-electron chi connectivity index (χ4n) is 2.26. The second-order valence-corrected chi connectivity index (χ2v) is 5.17. The van der Waals surface area contributed by atoms with Crippen molar-refractivity contribution in [2.75, 3.05) is 0 Å². The molecule has 102 valence electrons. The van der Waals surface area contributed by atoms with Gasteiger partial charge in [0.25, 0.3) is 0 Å². The van der Waals surface area contributed by atoms with E-state index >= 15 is 0 Å². The van der Waals surface area contributed by atoms with Gasteiger partial charge < -0.3 is 0 Å². The van der Waals surface area contributed by atoms with Crippen molar-refractivity contribution in [3.63, 3.8) is 0 Å². The summed E-state index contributed by atoms with van der Waals surface area (Å²) in [7, 11) is 0. The first-order valence-electron chi connectivity index (χ1n) is 6.27. The van der Waals surface area contributed by atoms with Crippen LogP contribution in [0.25, 0.3) is 16.8 Å². The molecule has 0 aliphatic heterocycles. The van der Waals surface area contributed by atoms with E-state index in [2.05, 4.69) is 10.1 Å². The molecule has 2 heterocycles. The van der Waals surface area contributed by atoms with E-state index in [4.69, 9.17) is 11.6 Å². The lowest BCUT2D eigenvalue weighted by molar-refractivity contribution is 0.628. The molecule has 0 N–H and O–H groups in total. The van der Waals surface area contributed by atoms with Crippen molar-refractivity contribution in [1.82, 2.24) is 14.6 Å². The summed E-state index contributed by atoms with van der Waals surface area (Å²) in [5, 5.41) is 5.00. The molecule has 0 aliphatic carbocycles. The van der Waals surface area contributed by atoms with Gasteiger partial charge >= 0.3 is 0 Å². The minimum atomic E-state index is -0.263. The van der Waals surface area contributed by atoms with Gasteiger partial charge in [-0.05, 0) is 38.5 Å². The lowest BCUT2D eigenvalue weighted by Gasteiger charge is -2.06. The topological polar surface area (TPSA) is 30.2 Å². The summed E-state index contributed by atoms with van der Waals surface area (Å²) >= 11 is 6.33. The van der Waals surface area contributed by atoms with Crippen molar-refractivity contribution < 1.29 is 4.39 Å². The summed E-state index contributed by atoms with van der Waals surface area (Å²) in [5.74, 6) is -0.263. The van der Waals surface area contributed by atoms with Gasteiger partial charge in [-0.25, -0.2) is 13.9 Å². The molecule has 3 nitrogen and oxygen atoms in total. The Labute approximate surface area is 121 Å². The number of hydrogen-bond donors (Lipinski definition) is 0. The van der Waals surface area contributed by atoms with E-state index in [0.29, 0.717) is 10.8 Å². The molecule has 5 heteroatoms. The van der Waals surface area contributed by atoms with Gasteiger partial charge in [-0.3, -0.25) is 0 Å². The largest absolute Gasteiger partial charge is 0.233 e. The molecular weight excluding hydrogens is 277 g/mol. The number of aromatic nitrogens is 3. The molecular formula is C15H13ClFN3. The van der Waals surface area contributed by atoms with Gasteiger partial charge in [0.15, 0.2) is 5.65 Å². The molecule has 0 radical (unpaired) electrons. The molecule has 0 fully saturated rings.